The Hall–Kier alpha value is -2.60. The first kappa shape index (κ1) is 15.3. The Bertz CT molecular complexity index is 771. The predicted octanol–water partition coefficient (Wildman–Crippen LogP) is 2.99. The Kier molecular flexibility index (Phi) is 4.43. The highest BCUT2D eigenvalue weighted by atomic mass is 19.1. The number of benzene rings is 2. The second kappa shape index (κ2) is 6.66. The van der Waals surface area contributed by atoms with Crippen LogP contribution in [0.3, 0.4) is 0 Å². The highest BCUT2D eigenvalue weighted by Gasteiger charge is 2.20. The van der Waals surface area contributed by atoms with Gasteiger partial charge in [0.1, 0.15) is 5.82 Å². The number of aromatic nitrogens is 4. The Morgan fingerprint density at radius 2 is 1.78 bits per heavy atom. The lowest BCUT2D eigenvalue weighted by Crippen LogP contribution is -2.25. The van der Waals surface area contributed by atoms with Gasteiger partial charge >= 0.3 is 0 Å². The van der Waals surface area contributed by atoms with Crippen molar-refractivity contribution in [2.24, 2.45) is 0 Å². The van der Waals surface area contributed by atoms with E-state index in [4.69, 9.17) is 0 Å². The topological polar surface area (TPSA) is 46.8 Å². The van der Waals surface area contributed by atoms with E-state index in [-0.39, 0.29) is 11.9 Å². The third kappa shape index (κ3) is 3.27. The van der Waals surface area contributed by atoms with Crippen LogP contribution in [0, 0.1) is 5.82 Å². The molecule has 0 spiro atoms. The zero-order valence-corrected chi connectivity index (χ0v) is 13.1. The smallest absolute Gasteiger partial charge is 0.173 e. The molecule has 23 heavy (non-hydrogen) atoms. The van der Waals surface area contributed by atoms with Gasteiger partial charge in [0, 0.05) is 12.1 Å². The lowest BCUT2D eigenvalue weighted by molar-refractivity contribution is 0.237. The second-order valence-corrected chi connectivity index (χ2v) is 5.47. The van der Waals surface area contributed by atoms with Crippen molar-refractivity contribution in [1.29, 1.82) is 0 Å². The van der Waals surface area contributed by atoms with Crippen LogP contribution in [0.4, 0.5) is 4.39 Å². The van der Waals surface area contributed by atoms with Gasteiger partial charge in [-0.05, 0) is 42.6 Å². The summed E-state index contributed by atoms with van der Waals surface area (Å²) in [4.78, 5) is 2.02. The van der Waals surface area contributed by atoms with Crippen molar-refractivity contribution < 1.29 is 4.39 Å². The molecule has 0 N–H and O–H groups in total. The molecule has 0 radical (unpaired) electrons. The van der Waals surface area contributed by atoms with Crippen LogP contribution < -0.4 is 0 Å². The van der Waals surface area contributed by atoms with Gasteiger partial charge in [-0.2, -0.15) is 4.68 Å². The van der Waals surface area contributed by atoms with E-state index >= 15 is 0 Å². The fourth-order valence-electron chi connectivity index (χ4n) is 2.44. The molecule has 6 heteroatoms. The summed E-state index contributed by atoms with van der Waals surface area (Å²) in [6.45, 7) is 2.49. The third-order valence-electron chi connectivity index (χ3n) is 3.91. The minimum absolute atomic E-state index is 0.0650. The van der Waals surface area contributed by atoms with Crippen LogP contribution in [-0.2, 0) is 6.54 Å². The third-order valence-corrected chi connectivity index (χ3v) is 3.91. The zero-order chi connectivity index (χ0) is 16.2. The van der Waals surface area contributed by atoms with Crippen LogP contribution in [0.5, 0.6) is 0 Å². The molecule has 2 aromatic carbocycles. The average molecular weight is 311 g/mol. The van der Waals surface area contributed by atoms with Crippen LogP contribution in [0.25, 0.3) is 5.69 Å². The van der Waals surface area contributed by atoms with Gasteiger partial charge in [0.2, 0.25) is 0 Å². The summed E-state index contributed by atoms with van der Waals surface area (Å²) in [5.41, 5.74) is 1.55. The van der Waals surface area contributed by atoms with E-state index in [1.54, 1.807) is 16.8 Å². The van der Waals surface area contributed by atoms with E-state index < -0.39 is 0 Å². The van der Waals surface area contributed by atoms with E-state index in [1.165, 1.54) is 6.07 Å². The van der Waals surface area contributed by atoms with Crippen molar-refractivity contribution in [1.82, 2.24) is 25.1 Å². The van der Waals surface area contributed by atoms with Gasteiger partial charge in [0.15, 0.2) is 5.82 Å². The monoisotopic (exact) mass is 311 g/mol. The fraction of sp³-hybridized carbons (Fsp3) is 0.235. The van der Waals surface area contributed by atoms with E-state index in [0.29, 0.717) is 12.1 Å². The Morgan fingerprint density at radius 3 is 2.52 bits per heavy atom. The molecular weight excluding hydrogens is 293 g/mol. The summed E-state index contributed by atoms with van der Waals surface area (Å²) < 4.78 is 15.5. The Labute approximate surface area is 134 Å². The molecule has 1 aromatic heterocycles. The number of tetrazole rings is 1. The Balaban J connectivity index is 1.82. The second-order valence-electron chi connectivity index (χ2n) is 5.47. The van der Waals surface area contributed by atoms with Crippen molar-refractivity contribution in [2.45, 2.75) is 19.5 Å². The van der Waals surface area contributed by atoms with Crippen molar-refractivity contribution in [2.75, 3.05) is 7.05 Å². The van der Waals surface area contributed by atoms with E-state index in [0.717, 1.165) is 11.5 Å². The molecule has 3 rings (SSSR count). The first-order valence-corrected chi connectivity index (χ1v) is 7.44. The van der Waals surface area contributed by atoms with E-state index in [1.807, 2.05) is 55.3 Å². The number of para-hydroxylation sites is 1. The lowest BCUT2D eigenvalue weighted by atomic mass is 10.1. The molecule has 0 saturated heterocycles. The largest absolute Gasteiger partial charge is 0.292 e. The summed E-state index contributed by atoms with van der Waals surface area (Å²) in [5.74, 6) is 0.518. The number of hydrogen-bond acceptors (Lipinski definition) is 4. The summed E-state index contributed by atoms with van der Waals surface area (Å²) in [7, 11) is 1.93. The van der Waals surface area contributed by atoms with Gasteiger partial charge in [-0.25, -0.2) is 4.39 Å². The maximum Gasteiger partial charge on any atom is 0.173 e. The minimum Gasteiger partial charge on any atom is -0.292 e. The highest BCUT2D eigenvalue weighted by Crippen LogP contribution is 2.21. The first-order chi connectivity index (χ1) is 11.2. The van der Waals surface area contributed by atoms with Gasteiger partial charge in [0.05, 0.1) is 11.7 Å². The van der Waals surface area contributed by atoms with E-state index in [2.05, 4.69) is 15.5 Å². The quantitative estimate of drug-likeness (QED) is 0.727. The van der Waals surface area contributed by atoms with Crippen molar-refractivity contribution in [3.63, 3.8) is 0 Å². The van der Waals surface area contributed by atoms with Gasteiger partial charge < -0.3 is 0 Å². The molecule has 1 atom stereocenters. The Morgan fingerprint density at radius 1 is 1.09 bits per heavy atom. The van der Waals surface area contributed by atoms with E-state index in [9.17, 15) is 4.39 Å². The molecule has 0 aliphatic heterocycles. The summed E-state index contributed by atoms with van der Waals surface area (Å²) in [5, 5.41) is 12.0. The fourth-order valence-corrected chi connectivity index (χ4v) is 2.44. The lowest BCUT2D eigenvalue weighted by Gasteiger charge is -2.24. The molecular formula is C17H18FN5. The van der Waals surface area contributed by atoms with Crippen LogP contribution in [0.2, 0.25) is 0 Å². The predicted molar refractivity (Wildman–Crippen MR) is 85.4 cm³/mol. The molecule has 5 nitrogen and oxygen atoms in total. The zero-order valence-electron chi connectivity index (χ0n) is 13.1. The van der Waals surface area contributed by atoms with Crippen LogP contribution >= 0.6 is 0 Å². The van der Waals surface area contributed by atoms with Crippen molar-refractivity contribution in [3.8, 4) is 5.69 Å². The molecule has 3 aromatic rings. The molecule has 0 aliphatic rings. The molecule has 118 valence electrons. The SMILES string of the molecule is C[C@@H](c1nnnn1-c1ccccc1)N(C)Cc1ccccc1F. The first-order valence-electron chi connectivity index (χ1n) is 7.44. The maximum absolute atomic E-state index is 13.8. The summed E-state index contributed by atoms with van der Waals surface area (Å²) in [6, 6.07) is 16.4. The maximum atomic E-state index is 13.8. The van der Waals surface area contributed by atoms with Gasteiger partial charge in [-0.1, -0.05) is 36.4 Å². The van der Waals surface area contributed by atoms with Crippen molar-refractivity contribution in [3.05, 3.63) is 71.8 Å². The van der Waals surface area contributed by atoms with Crippen molar-refractivity contribution >= 4 is 0 Å². The summed E-state index contributed by atoms with van der Waals surface area (Å²) >= 11 is 0. The highest BCUT2D eigenvalue weighted by molar-refractivity contribution is 5.31. The van der Waals surface area contributed by atoms with Gasteiger partial charge in [0.25, 0.3) is 0 Å². The molecule has 0 aliphatic carbocycles. The molecule has 0 fully saturated rings. The number of nitrogens with zero attached hydrogens (tertiary/aromatic N) is 5. The normalized spacial score (nSPS) is 12.5. The molecule has 0 bridgehead atoms. The van der Waals surface area contributed by atoms with Gasteiger partial charge in [-0.3, -0.25) is 4.90 Å². The number of halogens is 1. The summed E-state index contributed by atoms with van der Waals surface area (Å²) in [6.07, 6.45) is 0. The molecule has 1 heterocycles. The van der Waals surface area contributed by atoms with Gasteiger partial charge in [-0.15, -0.1) is 5.10 Å². The number of hydrogen-bond donors (Lipinski definition) is 0. The minimum atomic E-state index is -0.200. The molecule has 0 unspecified atom stereocenters. The average Bonchev–Trinajstić information content (AvgIpc) is 3.06. The van der Waals surface area contributed by atoms with Crippen LogP contribution in [0.1, 0.15) is 24.4 Å². The van der Waals surface area contributed by atoms with Crippen LogP contribution in [-0.4, -0.2) is 32.2 Å². The van der Waals surface area contributed by atoms with Crippen LogP contribution in [0.15, 0.2) is 54.6 Å². The molecule has 0 saturated carbocycles. The molecule has 0 amide bonds. The standard InChI is InChI=1S/C17H18FN5/c1-13(22(2)12-14-8-6-7-11-16(14)18)17-19-20-21-23(17)15-9-4-3-5-10-15/h3-11,13H,12H2,1-2H3/t13-/m0/s1. The number of rotatable bonds is 5.